The number of aryl methyl sites for hydroxylation is 1. The molecular weight excluding hydrogens is 1070 g/mol. The second-order valence-corrected chi connectivity index (χ2v) is 27.0. The number of benzene rings is 2. The molecule has 0 bridgehead atoms. The number of anilines is 4. The Morgan fingerprint density at radius 2 is 1.67 bits per heavy atom. The van der Waals surface area contributed by atoms with E-state index in [0.717, 1.165) is 74.0 Å². The Morgan fingerprint density at radius 1 is 0.915 bits per heavy atom. The van der Waals surface area contributed by atoms with Crippen LogP contribution in [0.5, 0.6) is 5.75 Å². The van der Waals surface area contributed by atoms with Gasteiger partial charge in [-0.3, -0.25) is 34.2 Å². The number of nitrogens with zero attached hydrogens (tertiary/aromatic N) is 12. The van der Waals surface area contributed by atoms with E-state index in [1.807, 2.05) is 29.7 Å². The highest BCUT2D eigenvalue weighted by atomic mass is 32.2. The van der Waals surface area contributed by atoms with Crippen LogP contribution < -0.4 is 30.7 Å². The third-order valence-corrected chi connectivity index (χ3v) is 19.4. The van der Waals surface area contributed by atoms with Gasteiger partial charge < -0.3 is 34.6 Å². The van der Waals surface area contributed by atoms with E-state index in [1.165, 1.54) is 18.5 Å². The number of rotatable bonds is 16. The zero-order valence-corrected chi connectivity index (χ0v) is 49.7. The van der Waals surface area contributed by atoms with Crippen LogP contribution in [0.1, 0.15) is 93.5 Å². The summed E-state index contributed by atoms with van der Waals surface area (Å²) in [5, 5.41) is 14.7. The number of hydrogen-bond acceptors (Lipinski definition) is 17. The maximum atomic E-state index is 14.5. The first-order chi connectivity index (χ1) is 38.9. The van der Waals surface area contributed by atoms with Gasteiger partial charge in [-0.05, 0) is 84.7 Å². The number of aromatic amines is 1. The monoisotopic (exact) mass is 1140 g/mol. The summed E-state index contributed by atoms with van der Waals surface area (Å²) < 4.78 is 48.6. The number of hydrogen-bond donors (Lipinski definition) is 3. The van der Waals surface area contributed by atoms with Crippen LogP contribution in [-0.2, 0) is 33.5 Å². The molecule has 2 amide bonds. The Morgan fingerprint density at radius 3 is 2.35 bits per heavy atom. The molecule has 0 spiro atoms. The standard InChI is InChI=1S/C59H78FN15O6S/c1-37-31-74(34-52(76)75-35-59(8,9)53-48(75)25-42(56(77)69(53)10)24-41-12-14-43(60)15-13-41)44(28-61-37)33-72-21-22-73(32-38(72)2)57(78)47-29-63-51(30-62-47)71-19-17-70(18-20-71)16-11-23-81-49-27-46-45(26-50(49)82(79,80)58(5,6)7)55(65-36-64-46)66-54-39(3)40(4)67-68-54/h12-15,25-27,29-30,36-38,44,61H,11,16-24,28,31-35H2,1-10H3,(H2,64,65,66,67,68)/t37-,38-,44-/m1/s1. The van der Waals surface area contributed by atoms with Crippen molar-refractivity contribution >= 4 is 55.7 Å². The van der Waals surface area contributed by atoms with Gasteiger partial charge in [-0.15, -0.1) is 0 Å². The Kier molecular flexibility index (Phi) is 16.6. The van der Waals surface area contributed by atoms with Crippen molar-refractivity contribution in [1.29, 1.82) is 0 Å². The first-order valence-electron chi connectivity index (χ1n) is 28.5. The van der Waals surface area contributed by atoms with E-state index in [1.54, 1.807) is 69.0 Å². The van der Waals surface area contributed by atoms with Crippen molar-refractivity contribution in [3.63, 3.8) is 0 Å². The molecule has 23 heteroatoms. The first-order valence-corrected chi connectivity index (χ1v) is 30.0. The maximum absolute atomic E-state index is 14.5. The van der Waals surface area contributed by atoms with Crippen molar-refractivity contribution in [2.24, 2.45) is 7.05 Å². The van der Waals surface area contributed by atoms with Crippen LogP contribution in [0.25, 0.3) is 10.9 Å². The van der Waals surface area contributed by atoms with Gasteiger partial charge in [0.25, 0.3) is 11.5 Å². The number of sulfone groups is 1. The molecule has 4 aliphatic rings. The third-order valence-electron chi connectivity index (χ3n) is 16.8. The summed E-state index contributed by atoms with van der Waals surface area (Å²) in [7, 11) is -2.06. The molecule has 4 aliphatic heterocycles. The highest BCUT2D eigenvalue weighted by Gasteiger charge is 2.43. The highest BCUT2D eigenvalue weighted by molar-refractivity contribution is 7.92. The lowest BCUT2D eigenvalue weighted by Crippen LogP contribution is -2.63. The third kappa shape index (κ3) is 12.1. The van der Waals surface area contributed by atoms with Gasteiger partial charge in [0.1, 0.15) is 40.1 Å². The van der Waals surface area contributed by atoms with Crippen molar-refractivity contribution < 1.29 is 27.1 Å². The second-order valence-electron chi connectivity index (χ2n) is 24.3. The van der Waals surface area contributed by atoms with Crippen molar-refractivity contribution in [1.82, 2.24) is 59.6 Å². The summed E-state index contributed by atoms with van der Waals surface area (Å²) in [5.74, 6) is 1.51. The summed E-state index contributed by atoms with van der Waals surface area (Å²) in [6, 6.07) is 11.6. The van der Waals surface area contributed by atoms with E-state index >= 15 is 0 Å². The quantitative estimate of drug-likeness (QED) is 0.106. The number of carbonyl (C=O) groups is 2. The number of pyridine rings is 1. The van der Waals surface area contributed by atoms with E-state index in [0.29, 0.717) is 91.8 Å². The zero-order valence-electron chi connectivity index (χ0n) is 48.9. The molecule has 21 nitrogen and oxygen atoms in total. The van der Waals surface area contributed by atoms with E-state index < -0.39 is 20.0 Å². The fourth-order valence-electron chi connectivity index (χ4n) is 11.9. The van der Waals surface area contributed by atoms with Crippen LogP contribution >= 0.6 is 0 Å². The molecule has 3 saturated heterocycles. The summed E-state index contributed by atoms with van der Waals surface area (Å²) in [6.45, 7) is 25.9. The molecule has 2 aromatic carbocycles. The number of carbonyl (C=O) groups excluding carboxylic acids is 2. The highest BCUT2D eigenvalue weighted by Crippen LogP contribution is 2.41. The van der Waals surface area contributed by atoms with Crippen molar-refractivity contribution in [3.05, 3.63) is 111 Å². The summed E-state index contributed by atoms with van der Waals surface area (Å²) in [4.78, 5) is 73.3. The van der Waals surface area contributed by atoms with Crippen LogP contribution in [0, 0.1) is 19.7 Å². The molecule has 8 heterocycles. The lowest BCUT2D eigenvalue weighted by molar-refractivity contribution is -0.121. The van der Waals surface area contributed by atoms with E-state index in [9.17, 15) is 27.2 Å². The molecular formula is C59H78FN15O6S. The minimum Gasteiger partial charge on any atom is -0.492 e. The smallest absolute Gasteiger partial charge is 0.274 e. The summed E-state index contributed by atoms with van der Waals surface area (Å²) in [6.07, 6.45) is 5.71. The Labute approximate surface area is 479 Å². The number of ether oxygens (including phenoxy) is 1. The SMILES string of the molecule is Cc1[nH]nc(Nc2ncnc3cc(OCCCN4CCN(c5cnc(C(=O)N6CCN(C[C@H]7CN[C@H](C)CN7CC(=O)N7CC(C)(C)c8c7cc(Cc7ccc(F)cc7)c(=O)n8C)[C@H](C)C6)cn5)CC4)c(S(=O)(=O)C(C)(C)C)cc23)c1C. The minimum atomic E-state index is -3.83. The van der Waals surface area contributed by atoms with Crippen LogP contribution in [0.15, 0.2) is 70.9 Å². The molecule has 0 radical (unpaired) electrons. The fourth-order valence-corrected chi connectivity index (χ4v) is 13.2. The normalized spacial score (nSPS) is 20.1. The largest absolute Gasteiger partial charge is 0.492 e. The van der Waals surface area contributed by atoms with Gasteiger partial charge in [0, 0.05) is 144 Å². The van der Waals surface area contributed by atoms with E-state index in [2.05, 4.69) is 83.1 Å². The average molecular weight is 1140 g/mol. The molecule has 438 valence electrons. The Hall–Kier alpha value is -6.92. The van der Waals surface area contributed by atoms with Crippen molar-refractivity contribution in [2.75, 3.05) is 107 Å². The second kappa shape index (κ2) is 23.4. The lowest BCUT2D eigenvalue weighted by atomic mass is 9.90. The summed E-state index contributed by atoms with van der Waals surface area (Å²) in [5.41, 5.74) is 5.09. The average Bonchev–Trinajstić information content (AvgIpc) is 3.85. The van der Waals surface area contributed by atoms with E-state index in [4.69, 9.17) is 9.72 Å². The van der Waals surface area contributed by atoms with Crippen molar-refractivity contribution in [2.45, 2.75) is 108 Å². The zero-order chi connectivity index (χ0) is 58.4. The maximum Gasteiger partial charge on any atom is 0.274 e. The van der Waals surface area contributed by atoms with Gasteiger partial charge in [-0.1, -0.05) is 26.0 Å². The van der Waals surface area contributed by atoms with Gasteiger partial charge in [0.05, 0.1) is 47.2 Å². The minimum absolute atomic E-state index is 0.0165. The molecule has 0 unspecified atom stereocenters. The number of aromatic nitrogens is 7. The lowest BCUT2D eigenvalue weighted by Gasteiger charge is -2.45. The van der Waals surface area contributed by atoms with Gasteiger partial charge in [0.2, 0.25) is 5.91 Å². The Balaban J connectivity index is 0.701. The number of halogens is 1. The first kappa shape index (κ1) is 58.3. The predicted octanol–water partition coefficient (Wildman–Crippen LogP) is 5.23. The number of piperazine rings is 3. The van der Waals surface area contributed by atoms with Crippen LogP contribution in [0.4, 0.5) is 27.5 Å². The molecule has 3 N–H and O–H groups in total. The molecule has 0 saturated carbocycles. The number of nitrogens with one attached hydrogen (secondary N) is 3. The van der Waals surface area contributed by atoms with Gasteiger partial charge >= 0.3 is 0 Å². The van der Waals surface area contributed by atoms with Crippen LogP contribution in [0.3, 0.4) is 0 Å². The molecule has 82 heavy (non-hydrogen) atoms. The molecule has 6 aromatic rings. The van der Waals surface area contributed by atoms with Crippen LogP contribution in [-0.4, -0.2) is 189 Å². The van der Waals surface area contributed by atoms with Crippen molar-refractivity contribution in [3.8, 4) is 5.75 Å². The molecule has 4 aromatic heterocycles. The van der Waals surface area contributed by atoms with Crippen LogP contribution in [0.2, 0.25) is 0 Å². The van der Waals surface area contributed by atoms with Gasteiger partial charge in [-0.25, -0.2) is 32.7 Å². The molecule has 0 aliphatic carbocycles. The van der Waals surface area contributed by atoms with E-state index in [-0.39, 0.29) is 58.5 Å². The topological polar surface area (TPSA) is 223 Å². The number of amides is 2. The number of H-pyrrole nitrogens is 1. The number of fused-ring (bicyclic) bond motifs is 2. The van der Waals surface area contributed by atoms with Gasteiger partial charge in [0.15, 0.2) is 15.7 Å². The Bertz CT molecular complexity index is 3510. The molecule has 3 atom stereocenters. The summed E-state index contributed by atoms with van der Waals surface area (Å²) >= 11 is 0. The van der Waals surface area contributed by atoms with Gasteiger partial charge in [-0.2, -0.15) is 5.10 Å². The fraction of sp³-hybridized carbons (Fsp3) is 0.525. The molecule has 10 rings (SSSR count). The predicted molar refractivity (Wildman–Crippen MR) is 315 cm³/mol. The molecule has 3 fully saturated rings.